The molecular formula is C14H18N2O3S2. The van der Waals surface area contributed by atoms with E-state index in [0.29, 0.717) is 11.7 Å². The Bertz CT molecular complexity index is 643. The van der Waals surface area contributed by atoms with Crippen LogP contribution in [0.3, 0.4) is 0 Å². The number of benzene rings is 1. The summed E-state index contributed by atoms with van der Waals surface area (Å²) in [6.45, 7) is 0.689. The lowest BCUT2D eigenvalue weighted by Gasteiger charge is -2.23. The van der Waals surface area contributed by atoms with Gasteiger partial charge in [-0.3, -0.25) is 5.41 Å². The molecule has 0 aromatic heterocycles. The summed E-state index contributed by atoms with van der Waals surface area (Å²) < 4.78 is 28.6. The Morgan fingerprint density at radius 1 is 1.33 bits per heavy atom. The van der Waals surface area contributed by atoms with Gasteiger partial charge in [0, 0.05) is 11.8 Å². The molecule has 0 aliphatic carbocycles. The summed E-state index contributed by atoms with van der Waals surface area (Å²) in [7, 11) is -1.29. The topological polar surface area (TPSA) is 70.5 Å². The van der Waals surface area contributed by atoms with Crippen LogP contribution in [-0.2, 0) is 16.3 Å². The van der Waals surface area contributed by atoms with E-state index in [0.717, 1.165) is 17.7 Å². The van der Waals surface area contributed by atoms with Crippen LogP contribution in [-0.4, -0.2) is 54.9 Å². The molecule has 7 heteroatoms. The number of sulfone groups is 1. The van der Waals surface area contributed by atoms with Gasteiger partial charge in [-0.1, -0.05) is 23.9 Å². The summed E-state index contributed by atoms with van der Waals surface area (Å²) in [6.07, 6.45) is 0.802. The first-order valence-corrected chi connectivity index (χ1v) is 9.54. The van der Waals surface area contributed by atoms with Gasteiger partial charge in [-0.2, -0.15) is 0 Å². The lowest BCUT2D eigenvalue weighted by Crippen LogP contribution is -2.38. The van der Waals surface area contributed by atoms with E-state index in [1.165, 1.54) is 11.8 Å². The molecule has 3 rings (SSSR count). The molecule has 1 aromatic carbocycles. The van der Waals surface area contributed by atoms with E-state index < -0.39 is 9.84 Å². The zero-order chi connectivity index (χ0) is 15.0. The molecule has 114 valence electrons. The molecule has 0 radical (unpaired) electrons. The predicted molar refractivity (Wildman–Crippen MR) is 85.0 cm³/mol. The van der Waals surface area contributed by atoms with Gasteiger partial charge in [-0.25, -0.2) is 8.42 Å². The Kier molecular flexibility index (Phi) is 3.88. The van der Waals surface area contributed by atoms with E-state index in [2.05, 4.69) is 0 Å². The number of hydrogen-bond acceptors (Lipinski definition) is 5. The van der Waals surface area contributed by atoms with Crippen molar-refractivity contribution in [2.45, 2.75) is 17.7 Å². The Morgan fingerprint density at radius 3 is 2.71 bits per heavy atom. The largest absolute Gasteiger partial charge is 0.497 e. The van der Waals surface area contributed by atoms with E-state index in [1.54, 1.807) is 7.11 Å². The lowest BCUT2D eigenvalue weighted by molar-refractivity contribution is 0.359. The molecule has 0 bridgehead atoms. The van der Waals surface area contributed by atoms with Crippen molar-refractivity contribution in [2.75, 3.05) is 25.2 Å². The zero-order valence-corrected chi connectivity index (χ0v) is 13.4. The quantitative estimate of drug-likeness (QED) is 0.905. The zero-order valence-electron chi connectivity index (χ0n) is 11.8. The third-order valence-electron chi connectivity index (χ3n) is 4.00. The van der Waals surface area contributed by atoms with Crippen LogP contribution in [0.2, 0.25) is 0 Å². The fourth-order valence-electron chi connectivity index (χ4n) is 2.87. The van der Waals surface area contributed by atoms with Crippen LogP contribution in [0.1, 0.15) is 5.56 Å². The third-order valence-corrected chi connectivity index (χ3v) is 7.17. The van der Waals surface area contributed by atoms with Crippen LogP contribution in [0.4, 0.5) is 0 Å². The molecule has 1 aromatic rings. The smallest absolute Gasteiger partial charge is 0.157 e. The highest BCUT2D eigenvalue weighted by Gasteiger charge is 2.47. The minimum Gasteiger partial charge on any atom is -0.497 e. The molecule has 1 N–H and O–H groups in total. The van der Waals surface area contributed by atoms with Crippen molar-refractivity contribution >= 4 is 26.8 Å². The highest BCUT2D eigenvalue weighted by atomic mass is 32.2. The van der Waals surface area contributed by atoms with Gasteiger partial charge >= 0.3 is 0 Å². The van der Waals surface area contributed by atoms with Crippen molar-refractivity contribution in [1.29, 1.82) is 5.41 Å². The minimum atomic E-state index is -2.93. The average molecular weight is 326 g/mol. The summed E-state index contributed by atoms with van der Waals surface area (Å²) >= 11 is 1.40. The van der Waals surface area contributed by atoms with Crippen molar-refractivity contribution in [1.82, 2.24) is 4.90 Å². The standard InChI is InChI=1S/C14H18N2O3S2/c1-19-11-4-2-10(3-5-11)6-7-16-12-8-21(17,18)9-13(12)20-14(16)15/h2-5,12-13,15H,6-9H2,1H3. The van der Waals surface area contributed by atoms with Gasteiger partial charge in [0.25, 0.3) is 0 Å². The van der Waals surface area contributed by atoms with Crippen LogP contribution in [0.5, 0.6) is 5.75 Å². The Morgan fingerprint density at radius 2 is 2.05 bits per heavy atom. The summed E-state index contributed by atoms with van der Waals surface area (Å²) in [6, 6.07) is 7.83. The van der Waals surface area contributed by atoms with Gasteiger partial charge < -0.3 is 9.64 Å². The van der Waals surface area contributed by atoms with E-state index in [-0.39, 0.29) is 22.8 Å². The van der Waals surface area contributed by atoms with Crippen LogP contribution in [0, 0.1) is 5.41 Å². The second-order valence-electron chi connectivity index (χ2n) is 5.40. The Labute approximate surface area is 129 Å². The number of hydrogen-bond donors (Lipinski definition) is 1. The highest BCUT2D eigenvalue weighted by molar-refractivity contribution is 8.15. The maximum Gasteiger partial charge on any atom is 0.157 e. The molecule has 0 saturated carbocycles. The van der Waals surface area contributed by atoms with Gasteiger partial charge in [-0.05, 0) is 24.1 Å². The molecule has 2 saturated heterocycles. The van der Waals surface area contributed by atoms with E-state index in [4.69, 9.17) is 10.1 Å². The highest BCUT2D eigenvalue weighted by Crippen LogP contribution is 2.37. The van der Waals surface area contributed by atoms with Gasteiger partial charge in [0.2, 0.25) is 0 Å². The number of ether oxygens (including phenoxy) is 1. The third kappa shape index (κ3) is 3.03. The second-order valence-corrected chi connectivity index (χ2v) is 8.78. The normalized spacial score (nSPS) is 26.9. The van der Waals surface area contributed by atoms with Crippen molar-refractivity contribution in [3.63, 3.8) is 0 Å². The first-order valence-electron chi connectivity index (χ1n) is 6.84. The molecular weight excluding hydrogens is 308 g/mol. The Balaban J connectivity index is 1.65. The maximum atomic E-state index is 11.7. The maximum absolute atomic E-state index is 11.7. The number of fused-ring (bicyclic) bond motifs is 1. The molecule has 2 fully saturated rings. The average Bonchev–Trinajstić information content (AvgIpc) is 2.88. The number of thioether (sulfide) groups is 1. The van der Waals surface area contributed by atoms with E-state index in [9.17, 15) is 8.42 Å². The monoisotopic (exact) mass is 326 g/mol. The van der Waals surface area contributed by atoms with Crippen molar-refractivity contribution in [2.24, 2.45) is 0 Å². The summed E-state index contributed by atoms with van der Waals surface area (Å²) in [5.74, 6) is 1.23. The van der Waals surface area contributed by atoms with Gasteiger partial charge in [-0.15, -0.1) is 0 Å². The number of rotatable bonds is 4. The predicted octanol–water partition coefficient (Wildman–Crippen LogP) is 1.39. The van der Waals surface area contributed by atoms with Gasteiger partial charge in [0.15, 0.2) is 15.0 Å². The molecule has 2 heterocycles. The number of nitrogens with one attached hydrogen (secondary N) is 1. The molecule has 2 unspecified atom stereocenters. The summed E-state index contributed by atoms with van der Waals surface area (Å²) in [5.41, 5.74) is 1.16. The fraction of sp³-hybridized carbons (Fsp3) is 0.500. The molecule has 0 spiro atoms. The molecule has 2 aliphatic heterocycles. The van der Waals surface area contributed by atoms with Gasteiger partial charge in [0.1, 0.15) is 5.75 Å². The molecule has 2 aliphatic rings. The van der Waals surface area contributed by atoms with Crippen LogP contribution < -0.4 is 4.74 Å². The van der Waals surface area contributed by atoms with Crippen LogP contribution >= 0.6 is 11.8 Å². The first kappa shape index (κ1) is 14.7. The van der Waals surface area contributed by atoms with Crippen molar-refractivity contribution in [3.8, 4) is 5.75 Å². The van der Waals surface area contributed by atoms with Crippen molar-refractivity contribution < 1.29 is 13.2 Å². The SMILES string of the molecule is COc1ccc(CCN2C(=N)SC3CS(=O)(=O)CC32)cc1. The van der Waals surface area contributed by atoms with Crippen molar-refractivity contribution in [3.05, 3.63) is 29.8 Å². The molecule has 5 nitrogen and oxygen atoms in total. The lowest BCUT2D eigenvalue weighted by atomic mass is 10.1. The minimum absolute atomic E-state index is 0.0225. The number of nitrogens with zero attached hydrogens (tertiary/aromatic N) is 1. The molecule has 0 amide bonds. The van der Waals surface area contributed by atoms with E-state index >= 15 is 0 Å². The Hall–Kier alpha value is -1.21. The number of amidine groups is 1. The van der Waals surface area contributed by atoms with Gasteiger partial charge in [0.05, 0.1) is 24.7 Å². The molecule has 21 heavy (non-hydrogen) atoms. The van der Waals surface area contributed by atoms with Crippen LogP contribution in [0.15, 0.2) is 24.3 Å². The summed E-state index contributed by atoms with van der Waals surface area (Å²) in [5, 5.41) is 8.59. The molecule has 2 atom stereocenters. The second kappa shape index (κ2) is 5.53. The van der Waals surface area contributed by atoms with Crippen LogP contribution in [0.25, 0.3) is 0 Å². The van der Waals surface area contributed by atoms with E-state index in [1.807, 2.05) is 29.2 Å². The first-order chi connectivity index (χ1) is 9.98. The summed E-state index contributed by atoms with van der Waals surface area (Å²) in [4.78, 5) is 1.95. The number of methoxy groups -OCH3 is 1. The fourth-order valence-corrected chi connectivity index (χ4v) is 6.73.